The summed E-state index contributed by atoms with van der Waals surface area (Å²) in [5.41, 5.74) is 4.64. The monoisotopic (exact) mass is 376 g/mol. The van der Waals surface area contributed by atoms with Gasteiger partial charge in [-0.25, -0.2) is 0 Å². The van der Waals surface area contributed by atoms with Crippen molar-refractivity contribution in [2.45, 2.75) is 33.6 Å². The van der Waals surface area contributed by atoms with Gasteiger partial charge in [0, 0.05) is 19.3 Å². The molecule has 1 aromatic rings. The van der Waals surface area contributed by atoms with Crippen LogP contribution >= 0.6 is 22.3 Å². The molecule has 0 saturated heterocycles. The van der Waals surface area contributed by atoms with E-state index in [1.165, 1.54) is 0 Å². The van der Waals surface area contributed by atoms with Crippen molar-refractivity contribution >= 4 is 33.1 Å². The van der Waals surface area contributed by atoms with Crippen LogP contribution in [0.15, 0.2) is 29.5 Å². The fourth-order valence-electron chi connectivity index (χ4n) is 1.69. The Bertz CT molecular complexity index is 422. The number of aromatic nitrogens is 1. The van der Waals surface area contributed by atoms with Crippen LogP contribution in [0.25, 0.3) is 0 Å². The third-order valence-corrected chi connectivity index (χ3v) is 2.98. The molecular weight excluding hydrogens is 355 g/mol. The molecule has 0 aliphatic heterocycles. The van der Waals surface area contributed by atoms with Crippen LogP contribution in [0.3, 0.4) is 0 Å². The van der Waals surface area contributed by atoms with Gasteiger partial charge in [-0.2, -0.15) is 5.10 Å². The van der Waals surface area contributed by atoms with Crippen molar-refractivity contribution in [2.75, 3.05) is 13.1 Å². The Labute approximate surface area is 145 Å². The van der Waals surface area contributed by atoms with E-state index in [0.717, 1.165) is 37.3 Å². The average molecular weight is 377 g/mol. The molecule has 1 aromatic heterocycles. The van der Waals surface area contributed by atoms with Crippen molar-refractivity contribution in [3.63, 3.8) is 0 Å². The molecule has 122 valence electrons. The van der Waals surface area contributed by atoms with Crippen molar-refractivity contribution in [2.24, 2.45) is 5.10 Å². The van der Waals surface area contributed by atoms with Crippen LogP contribution in [0.1, 0.15) is 39.3 Å². The third kappa shape index (κ3) is 8.37. The van der Waals surface area contributed by atoms with E-state index in [1.807, 2.05) is 25.1 Å². The number of nitrogens with one attached hydrogen (secondary N) is 1. The first kappa shape index (κ1) is 20.3. The molecule has 21 heavy (non-hydrogen) atoms. The van der Waals surface area contributed by atoms with E-state index in [4.69, 9.17) is 12.2 Å². The molecule has 0 fully saturated rings. The van der Waals surface area contributed by atoms with Gasteiger partial charge in [-0.3, -0.25) is 10.4 Å². The molecule has 0 aliphatic rings. The summed E-state index contributed by atoms with van der Waals surface area (Å²) in [6, 6.07) is 5.76. The Morgan fingerprint density at radius 3 is 2.43 bits per heavy atom. The van der Waals surface area contributed by atoms with Gasteiger partial charge in [-0.05, 0) is 44.1 Å². The molecular formula is C14H22ClCuN4S. The van der Waals surface area contributed by atoms with E-state index in [-0.39, 0.29) is 0 Å². The number of nitrogens with zero attached hydrogens (tertiary/aromatic N) is 3. The van der Waals surface area contributed by atoms with Gasteiger partial charge in [0.05, 0.1) is 11.4 Å². The molecule has 0 aromatic carbocycles. The summed E-state index contributed by atoms with van der Waals surface area (Å²) >= 11 is 9.02. The number of hydrazone groups is 1. The molecule has 0 spiro atoms. The Morgan fingerprint density at radius 1 is 1.33 bits per heavy atom. The second kappa shape index (κ2) is 13.0. The van der Waals surface area contributed by atoms with Crippen molar-refractivity contribution in [3.8, 4) is 0 Å². The van der Waals surface area contributed by atoms with Crippen molar-refractivity contribution in [1.82, 2.24) is 15.3 Å². The molecule has 0 unspecified atom stereocenters. The van der Waals surface area contributed by atoms with Gasteiger partial charge < -0.3 is 4.90 Å². The molecule has 0 amide bonds. The summed E-state index contributed by atoms with van der Waals surface area (Å²) in [6.45, 7) is 8.12. The summed E-state index contributed by atoms with van der Waals surface area (Å²) in [4.78, 5) is 6.39. The van der Waals surface area contributed by atoms with Crippen LogP contribution in [0.5, 0.6) is 0 Å². The van der Waals surface area contributed by atoms with Crippen LogP contribution in [-0.2, 0) is 15.1 Å². The Hall–Kier alpha value is -0.681. The van der Waals surface area contributed by atoms with E-state index in [1.54, 1.807) is 6.20 Å². The van der Waals surface area contributed by atoms with Crippen molar-refractivity contribution in [1.29, 1.82) is 0 Å². The molecule has 0 bridgehead atoms. The Morgan fingerprint density at radius 2 is 1.95 bits per heavy atom. The fraction of sp³-hybridized carbons (Fsp3) is 0.500. The number of thiocarbonyl (C=S) groups is 1. The second-order valence-corrected chi connectivity index (χ2v) is 4.70. The Kier molecular flexibility index (Phi) is 12.6. The summed E-state index contributed by atoms with van der Waals surface area (Å²) in [5, 5.41) is 4.98. The van der Waals surface area contributed by atoms with Crippen LogP contribution < -0.4 is 5.43 Å². The second-order valence-electron chi connectivity index (χ2n) is 4.32. The first-order chi connectivity index (χ1) is 10.2. The van der Waals surface area contributed by atoms with Crippen LogP contribution in [0, 0.1) is 0 Å². The zero-order valence-electron chi connectivity index (χ0n) is 12.6. The van der Waals surface area contributed by atoms with Gasteiger partial charge in [0.2, 0.25) is 0 Å². The van der Waals surface area contributed by atoms with Crippen molar-refractivity contribution in [3.05, 3.63) is 30.1 Å². The fourth-order valence-corrected chi connectivity index (χ4v) is 1.92. The van der Waals surface area contributed by atoms with Gasteiger partial charge in [0.15, 0.2) is 5.11 Å². The van der Waals surface area contributed by atoms with Crippen molar-refractivity contribution < 1.29 is 15.1 Å². The molecule has 1 heterocycles. The molecule has 0 aliphatic carbocycles. The molecule has 1 rings (SSSR count). The zero-order valence-corrected chi connectivity index (χ0v) is 15.1. The number of pyridine rings is 1. The van der Waals surface area contributed by atoms with Crippen LogP contribution in [-0.4, -0.2) is 33.8 Å². The Balaban J connectivity index is 0.00000191. The van der Waals surface area contributed by atoms with Gasteiger partial charge in [-0.1, -0.05) is 19.9 Å². The van der Waals surface area contributed by atoms with E-state index in [9.17, 15) is 0 Å². The van der Waals surface area contributed by atoms with Gasteiger partial charge in [0.25, 0.3) is 0 Å². The number of hydrogen-bond acceptors (Lipinski definition) is 3. The predicted molar refractivity (Wildman–Crippen MR) is 90.2 cm³/mol. The molecule has 0 radical (unpaired) electrons. The molecule has 7 heteroatoms. The molecule has 1 N–H and O–H groups in total. The maximum atomic E-state index is 5.36. The standard InChI is InChI=1S/C14H22N4S.ClH.Cu/c1-4-10-18(11-5-2)14(19)17-16-12(3)13-8-6-7-9-15-13;;/h6-9H,4-5,10-11H2,1-3H3,(H,17,19);1H;/q;;+1/p-1/b16-12+;;. The summed E-state index contributed by atoms with van der Waals surface area (Å²) in [7, 11) is 4.20. The third-order valence-electron chi connectivity index (χ3n) is 2.63. The first-order valence-corrected chi connectivity index (χ1v) is 8.51. The van der Waals surface area contributed by atoms with Gasteiger partial charge in [0.1, 0.15) is 0 Å². The minimum atomic E-state index is 0.680. The average Bonchev–Trinajstić information content (AvgIpc) is 2.54. The maximum absolute atomic E-state index is 5.36. The number of rotatable bonds is 6. The minimum absolute atomic E-state index is 0.680. The predicted octanol–water partition coefficient (Wildman–Crippen LogP) is 3.49. The number of hydrogen-bond donors (Lipinski definition) is 1. The summed E-state index contributed by atoms with van der Waals surface area (Å²) in [6.07, 6.45) is 3.91. The molecule has 0 atom stereocenters. The quantitative estimate of drug-likeness (QED) is 0.357. The van der Waals surface area contributed by atoms with E-state index >= 15 is 0 Å². The summed E-state index contributed by atoms with van der Waals surface area (Å²) < 4.78 is 0. The van der Waals surface area contributed by atoms with E-state index in [0.29, 0.717) is 5.11 Å². The normalized spacial score (nSPS) is 10.5. The van der Waals surface area contributed by atoms with Crippen LogP contribution in [0.2, 0.25) is 0 Å². The zero-order chi connectivity index (χ0) is 16.1. The topological polar surface area (TPSA) is 40.5 Å². The molecule has 4 nitrogen and oxygen atoms in total. The first-order valence-electron chi connectivity index (χ1n) is 6.81. The van der Waals surface area contributed by atoms with Gasteiger partial charge >= 0.3 is 25.2 Å². The van der Waals surface area contributed by atoms with E-state index in [2.05, 4.69) is 59.5 Å². The molecule has 0 saturated carbocycles. The number of halogens is 1. The van der Waals surface area contributed by atoms with Crippen LogP contribution in [0.4, 0.5) is 0 Å². The summed E-state index contributed by atoms with van der Waals surface area (Å²) in [5.74, 6) is 0. The van der Waals surface area contributed by atoms with Gasteiger partial charge in [-0.15, -0.1) is 0 Å². The van der Waals surface area contributed by atoms with E-state index < -0.39 is 0 Å². The SMILES string of the molecule is CCCN(CCC)C(=S)N/N=C(\C)c1ccccn1.[Cl][Cu].